The number of hydrogen-bond acceptors (Lipinski definition) is 2. The molecule has 2 saturated heterocycles. The monoisotopic (exact) mass is 197 g/mol. The van der Waals surface area contributed by atoms with E-state index in [1.54, 1.807) is 0 Å². The molecule has 0 aromatic rings. The van der Waals surface area contributed by atoms with Crippen molar-refractivity contribution in [2.45, 2.75) is 58.2 Å². The summed E-state index contributed by atoms with van der Waals surface area (Å²) in [6, 6.07) is 1.39. The van der Waals surface area contributed by atoms with Gasteiger partial charge >= 0.3 is 0 Å². The third kappa shape index (κ3) is 2.12. The zero-order chi connectivity index (χ0) is 10.3. The van der Waals surface area contributed by atoms with Crippen molar-refractivity contribution in [3.8, 4) is 0 Å². The molecule has 2 bridgehead atoms. The van der Waals surface area contributed by atoms with E-state index in [4.69, 9.17) is 4.74 Å². The molecule has 2 nitrogen and oxygen atoms in total. The molecule has 1 saturated carbocycles. The second kappa shape index (κ2) is 3.49. The Morgan fingerprint density at radius 1 is 1.29 bits per heavy atom. The fourth-order valence-corrected chi connectivity index (χ4v) is 2.55. The summed E-state index contributed by atoms with van der Waals surface area (Å²) in [6.07, 6.45) is 2.79. The molecular weight excluding hydrogens is 174 g/mol. The van der Waals surface area contributed by atoms with Crippen molar-refractivity contribution < 1.29 is 4.74 Å². The second-order valence-corrected chi connectivity index (χ2v) is 5.98. The Kier molecular flexibility index (Phi) is 2.61. The summed E-state index contributed by atoms with van der Waals surface area (Å²) in [5, 5.41) is 3.68. The fourth-order valence-electron chi connectivity index (χ4n) is 2.55. The van der Waals surface area contributed by atoms with Crippen LogP contribution in [0.15, 0.2) is 0 Å². The Morgan fingerprint density at radius 3 is 2.43 bits per heavy atom. The van der Waals surface area contributed by atoms with Gasteiger partial charge in [-0.25, -0.2) is 0 Å². The average molecular weight is 197 g/mol. The highest BCUT2D eigenvalue weighted by molar-refractivity contribution is 4.99. The normalized spacial score (nSPS) is 42.0. The Balaban J connectivity index is 1.81. The Hall–Kier alpha value is -0.0800. The van der Waals surface area contributed by atoms with Crippen molar-refractivity contribution >= 4 is 0 Å². The van der Waals surface area contributed by atoms with E-state index >= 15 is 0 Å². The van der Waals surface area contributed by atoms with Gasteiger partial charge in [-0.2, -0.15) is 0 Å². The molecule has 0 amide bonds. The minimum Gasteiger partial charge on any atom is -0.374 e. The Labute approximate surface area is 87.4 Å². The summed E-state index contributed by atoms with van der Waals surface area (Å²) in [5.41, 5.74) is 0.00301. The minimum atomic E-state index is 0.00301. The molecular formula is C12H23NO. The van der Waals surface area contributed by atoms with Gasteiger partial charge in [-0.05, 0) is 45.4 Å². The fraction of sp³-hybridized carbons (Fsp3) is 1.00. The first-order valence-corrected chi connectivity index (χ1v) is 5.86. The minimum absolute atomic E-state index is 0.00301. The molecule has 1 unspecified atom stereocenters. The largest absolute Gasteiger partial charge is 0.374 e. The Bertz CT molecular complexity index is 203. The van der Waals surface area contributed by atoms with Crippen LogP contribution in [0.25, 0.3) is 0 Å². The molecule has 3 aliphatic rings. The molecule has 3 rings (SSSR count). The highest BCUT2D eigenvalue weighted by Crippen LogP contribution is 2.40. The maximum atomic E-state index is 5.85. The van der Waals surface area contributed by atoms with Gasteiger partial charge in [-0.3, -0.25) is 0 Å². The Morgan fingerprint density at radius 2 is 1.93 bits per heavy atom. The van der Waals surface area contributed by atoms with Crippen molar-refractivity contribution in [3.05, 3.63) is 0 Å². The molecule has 0 aromatic carbocycles. The lowest BCUT2D eigenvalue weighted by Gasteiger charge is -2.51. The maximum absolute atomic E-state index is 5.85. The first-order valence-electron chi connectivity index (χ1n) is 5.86. The molecule has 2 heteroatoms. The third-order valence-corrected chi connectivity index (χ3v) is 3.70. The van der Waals surface area contributed by atoms with Gasteiger partial charge in [0.1, 0.15) is 0 Å². The van der Waals surface area contributed by atoms with Crippen LogP contribution in [0, 0.1) is 11.8 Å². The second-order valence-electron chi connectivity index (χ2n) is 5.98. The summed E-state index contributed by atoms with van der Waals surface area (Å²) >= 11 is 0. The van der Waals surface area contributed by atoms with E-state index in [9.17, 15) is 0 Å². The van der Waals surface area contributed by atoms with Gasteiger partial charge in [-0.15, -0.1) is 0 Å². The molecule has 1 N–H and O–H groups in total. The van der Waals surface area contributed by atoms with Crippen LogP contribution in [0.3, 0.4) is 0 Å². The number of hydrogen-bond donors (Lipinski definition) is 1. The quantitative estimate of drug-likeness (QED) is 0.732. The van der Waals surface area contributed by atoms with Crippen LogP contribution in [0.2, 0.25) is 0 Å². The lowest BCUT2D eigenvalue weighted by atomic mass is 9.66. The highest BCUT2D eigenvalue weighted by atomic mass is 16.5. The van der Waals surface area contributed by atoms with Crippen molar-refractivity contribution in [2.75, 3.05) is 6.61 Å². The highest BCUT2D eigenvalue weighted by Gasteiger charge is 2.43. The van der Waals surface area contributed by atoms with Gasteiger partial charge in [0, 0.05) is 12.1 Å². The van der Waals surface area contributed by atoms with Gasteiger partial charge in [0.15, 0.2) is 0 Å². The van der Waals surface area contributed by atoms with Crippen LogP contribution in [0.4, 0.5) is 0 Å². The van der Waals surface area contributed by atoms with E-state index in [1.165, 1.54) is 12.8 Å². The summed E-state index contributed by atoms with van der Waals surface area (Å²) in [6.45, 7) is 9.62. The first kappa shape index (κ1) is 10.4. The number of piperidine rings is 2. The van der Waals surface area contributed by atoms with Crippen LogP contribution in [-0.4, -0.2) is 24.3 Å². The summed E-state index contributed by atoms with van der Waals surface area (Å²) in [5.74, 6) is 1.76. The van der Waals surface area contributed by atoms with Crippen molar-refractivity contribution in [3.63, 3.8) is 0 Å². The van der Waals surface area contributed by atoms with Crippen LogP contribution < -0.4 is 5.32 Å². The predicted molar refractivity (Wildman–Crippen MR) is 58.3 cm³/mol. The van der Waals surface area contributed by atoms with E-state index in [0.29, 0.717) is 6.04 Å². The molecule has 0 spiro atoms. The zero-order valence-electron chi connectivity index (χ0n) is 9.84. The topological polar surface area (TPSA) is 21.3 Å². The van der Waals surface area contributed by atoms with Crippen LogP contribution in [-0.2, 0) is 4.74 Å². The summed E-state index contributed by atoms with van der Waals surface area (Å²) in [4.78, 5) is 0. The van der Waals surface area contributed by atoms with Gasteiger partial charge in [-0.1, -0.05) is 6.92 Å². The van der Waals surface area contributed by atoms with Gasteiger partial charge in [0.05, 0.1) is 12.2 Å². The number of rotatable bonds is 2. The molecule has 2 heterocycles. The van der Waals surface area contributed by atoms with Crippen molar-refractivity contribution in [1.29, 1.82) is 0 Å². The van der Waals surface area contributed by atoms with Crippen LogP contribution in [0.1, 0.15) is 40.5 Å². The first-order chi connectivity index (χ1) is 6.46. The van der Waals surface area contributed by atoms with Gasteiger partial charge in [0.25, 0.3) is 0 Å². The number of fused-ring (bicyclic) bond motifs is 2. The lowest BCUT2D eigenvalue weighted by molar-refractivity contribution is -0.0529. The molecule has 1 aliphatic carbocycles. The van der Waals surface area contributed by atoms with Gasteiger partial charge < -0.3 is 10.1 Å². The van der Waals surface area contributed by atoms with Crippen molar-refractivity contribution in [1.82, 2.24) is 5.32 Å². The van der Waals surface area contributed by atoms with E-state index in [-0.39, 0.29) is 5.60 Å². The molecule has 2 atom stereocenters. The molecule has 82 valence electrons. The van der Waals surface area contributed by atoms with Crippen molar-refractivity contribution in [2.24, 2.45) is 11.8 Å². The third-order valence-electron chi connectivity index (χ3n) is 3.70. The zero-order valence-corrected chi connectivity index (χ0v) is 9.84. The van der Waals surface area contributed by atoms with Crippen LogP contribution in [0.5, 0.6) is 0 Å². The molecule has 0 radical (unpaired) electrons. The molecule has 2 aliphatic heterocycles. The molecule has 3 fully saturated rings. The smallest absolute Gasteiger partial charge is 0.0629 e. The SMILES string of the molecule is CC1C2CC(C2)N[C@@H]1COC(C)(C)C. The summed E-state index contributed by atoms with van der Waals surface area (Å²) < 4.78 is 5.85. The average Bonchev–Trinajstić information content (AvgIpc) is 1.98. The van der Waals surface area contributed by atoms with E-state index in [2.05, 4.69) is 33.0 Å². The van der Waals surface area contributed by atoms with E-state index in [1.807, 2.05) is 0 Å². The molecule has 0 aromatic heterocycles. The van der Waals surface area contributed by atoms with Gasteiger partial charge in [0.2, 0.25) is 0 Å². The maximum Gasteiger partial charge on any atom is 0.0629 e. The molecule has 14 heavy (non-hydrogen) atoms. The lowest BCUT2D eigenvalue weighted by Crippen LogP contribution is -2.60. The standard InChI is InChI=1S/C12H23NO/c1-8-9-5-10(6-9)13-11(8)7-14-12(2,3)4/h8-11,13H,5-7H2,1-4H3/t8?,9?,10?,11-/m1/s1. The summed E-state index contributed by atoms with van der Waals surface area (Å²) in [7, 11) is 0. The van der Waals surface area contributed by atoms with E-state index in [0.717, 1.165) is 24.5 Å². The van der Waals surface area contributed by atoms with E-state index < -0.39 is 0 Å². The number of ether oxygens (including phenoxy) is 1. The predicted octanol–water partition coefficient (Wildman–Crippen LogP) is 2.19. The number of nitrogens with one attached hydrogen (secondary N) is 1. The van der Waals surface area contributed by atoms with Crippen LogP contribution >= 0.6 is 0 Å².